The first kappa shape index (κ1) is 22.9. The topological polar surface area (TPSA) is 92.3 Å². The molecular weight excluding hydrogens is 464 g/mol. The van der Waals surface area contributed by atoms with Gasteiger partial charge in [-0.2, -0.15) is 4.31 Å². The van der Waals surface area contributed by atoms with Crippen molar-refractivity contribution in [3.8, 4) is 0 Å². The third-order valence-corrected chi connectivity index (χ3v) is 9.13. The quantitative estimate of drug-likeness (QED) is 0.356. The third-order valence-electron chi connectivity index (χ3n) is 5.15. The Morgan fingerprint density at radius 1 is 1.12 bits per heavy atom. The van der Waals surface area contributed by atoms with E-state index in [2.05, 4.69) is 46.7 Å². The van der Waals surface area contributed by atoms with Crippen LogP contribution in [0.3, 0.4) is 0 Å². The van der Waals surface area contributed by atoms with Crippen molar-refractivity contribution in [1.82, 2.24) is 14.5 Å². The number of rotatable bonds is 9. The Hall–Kier alpha value is -2.27. The van der Waals surface area contributed by atoms with E-state index in [9.17, 15) is 13.2 Å². The Morgan fingerprint density at radius 2 is 1.88 bits per heavy atom. The van der Waals surface area contributed by atoms with Crippen LogP contribution in [0.5, 0.6) is 0 Å². The fourth-order valence-electron chi connectivity index (χ4n) is 3.33. The number of thioether (sulfide) groups is 1. The van der Waals surface area contributed by atoms with E-state index in [4.69, 9.17) is 0 Å². The zero-order valence-corrected chi connectivity index (χ0v) is 20.1. The van der Waals surface area contributed by atoms with E-state index in [1.807, 2.05) is 0 Å². The maximum atomic E-state index is 12.8. The van der Waals surface area contributed by atoms with Crippen LogP contribution in [-0.2, 0) is 15.8 Å². The van der Waals surface area contributed by atoms with Gasteiger partial charge in [-0.3, -0.25) is 4.79 Å². The van der Waals surface area contributed by atoms with Gasteiger partial charge in [0.05, 0.1) is 11.4 Å². The SMILES string of the molecule is Cc1ccc(CSc2nnc(NCC(=O)c3cccc(S(=O)(=O)N4CCCC4)c3)s2)cc1. The molecule has 0 amide bonds. The van der Waals surface area contributed by atoms with Gasteiger partial charge in [-0.25, -0.2) is 8.42 Å². The Kier molecular flexibility index (Phi) is 7.24. The molecule has 1 N–H and O–H groups in total. The normalized spacial score (nSPS) is 14.5. The molecule has 0 atom stereocenters. The number of anilines is 1. The van der Waals surface area contributed by atoms with Gasteiger partial charge in [-0.05, 0) is 37.5 Å². The molecular formula is C22H24N4O3S3. The fourth-order valence-corrected chi connectivity index (χ4v) is 6.60. The lowest BCUT2D eigenvalue weighted by Gasteiger charge is -2.15. The van der Waals surface area contributed by atoms with Gasteiger partial charge in [-0.1, -0.05) is 65.1 Å². The van der Waals surface area contributed by atoms with Crippen LogP contribution >= 0.6 is 23.1 Å². The molecule has 0 aliphatic carbocycles. The predicted molar refractivity (Wildman–Crippen MR) is 128 cm³/mol. The smallest absolute Gasteiger partial charge is 0.243 e. The maximum Gasteiger partial charge on any atom is 0.243 e. The number of benzene rings is 2. The molecule has 7 nitrogen and oxygen atoms in total. The Balaban J connectivity index is 1.33. The van der Waals surface area contributed by atoms with Crippen LogP contribution in [-0.4, -0.2) is 48.3 Å². The molecule has 0 unspecified atom stereocenters. The number of hydrogen-bond acceptors (Lipinski definition) is 8. The van der Waals surface area contributed by atoms with Crippen molar-refractivity contribution in [3.63, 3.8) is 0 Å². The molecule has 1 aliphatic rings. The number of ketones is 1. The molecule has 32 heavy (non-hydrogen) atoms. The standard InChI is InChI=1S/C22H24N4O3S3/c1-16-7-9-17(10-8-16)15-30-22-25-24-21(31-22)23-14-20(27)18-5-4-6-19(13-18)32(28,29)26-11-2-3-12-26/h4-10,13H,2-3,11-12,14-15H2,1H3,(H,23,24). The van der Waals surface area contributed by atoms with Crippen LogP contribution in [0.1, 0.15) is 34.3 Å². The van der Waals surface area contributed by atoms with E-state index < -0.39 is 10.0 Å². The average molecular weight is 489 g/mol. The number of carbonyl (C=O) groups excluding carboxylic acids is 1. The van der Waals surface area contributed by atoms with Gasteiger partial charge in [0.1, 0.15) is 0 Å². The summed E-state index contributed by atoms with van der Waals surface area (Å²) >= 11 is 2.99. The Labute approximate surface area is 196 Å². The molecule has 0 bridgehead atoms. The van der Waals surface area contributed by atoms with Crippen molar-refractivity contribution in [2.75, 3.05) is 25.0 Å². The van der Waals surface area contributed by atoms with Crippen molar-refractivity contribution < 1.29 is 13.2 Å². The summed E-state index contributed by atoms with van der Waals surface area (Å²) in [6, 6.07) is 14.6. The van der Waals surface area contributed by atoms with E-state index in [0.29, 0.717) is 23.8 Å². The first-order valence-corrected chi connectivity index (χ1v) is 13.6. The van der Waals surface area contributed by atoms with E-state index >= 15 is 0 Å². The highest BCUT2D eigenvalue weighted by molar-refractivity contribution is 8.00. The van der Waals surface area contributed by atoms with Crippen LogP contribution < -0.4 is 5.32 Å². The highest BCUT2D eigenvalue weighted by Crippen LogP contribution is 2.28. The van der Waals surface area contributed by atoms with Gasteiger partial charge in [0.15, 0.2) is 10.1 Å². The first-order valence-electron chi connectivity index (χ1n) is 10.3. The van der Waals surface area contributed by atoms with E-state index in [1.54, 1.807) is 30.0 Å². The van der Waals surface area contributed by atoms with Gasteiger partial charge in [0.25, 0.3) is 0 Å². The summed E-state index contributed by atoms with van der Waals surface area (Å²) < 4.78 is 27.8. The molecule has 1 aromatic heterocycles. The number of carbonyl (C=O) groups is 1. The van der Waals surface area contributed by atoms with Gasteiger partial charge in [-0.15, -0.1) is 10.2 Å². The lowest BCUT2D eigenvalue weighted by atomic mass is 10.1. The number of aromatic nitrogens is 2. The summed E-state index contributed by atoms with van der Waals surface area (Å²) in [5.41, 5.74) is 2.80. The van der Waals surface area contributed by atoms with Crippen LogP contribution in [0, 0.1) is 6.92 Å². The maximum absolute atomic E-state index is 12.8. The van der Waals surface area contributed by atoms with Crippen molar-refractivity contribution in [3.05, 3.63) is 65.2 Å². The Morgan fingerprint density at radius 3 is 2.62 bits per heavy atom. The molecule has 168 valence electrons. The van der Waals surface area contributed by atoms with Crippen molar-refractivity contribution in [2.45, 2.75) is 34.8 Å². The first-order chi connectivity index (χ1) is 15.4. The van der Waals surface area contributed by atoms with Gasteiger partial charge < -0.3 is 5.32 Å². The molecule has 0 spiro atoms. The zero-order valence-electron chi connectivity index (χ0n) is 17.7. The number of Topliss-reactive ketones (excluding diaryl/α,β-unsaturated/α-hetero) is 1. The van der Waals surface area contributed by atoms with Crippen molar-refractivity contribution in [2.24, 2.45) is 0 Å². The minimum atomic E-state index is -3.55. The number of hydrogen-bond donors (Lipinski definition) is 1. The molecule has 2 heterocycles. The fraction of sp³-hybridized carbons (Fsp3) is 0.318. The molecule has 10 heteroatoms. The van der Waals surface area contributed by atoms with E-state index in [1.165, 1.54) is 32.8 Å². The number of aryl methyl sites for hydroxylation is 1. The third kappa shape index (κ3) is 5.55. The molecule has 2 aromatic carbocycles. The number of sulfonamides is 1. The second kappa shape index (κ2) is 10.1. The van der Waals surface area contributed by atoms with Crippen LogP contribution in [0.25, 0.3) is 0 Å². The second-order valence-corrected chi connectivity index (χ2v) is 11.7. The van der Waals surface area contributed by atoms with Gasteiger partial charge in [0, 0.05) is 24.4 Å². The summed E-state index contributed by atoms with van der Waals surface area (Å²) in [4.78, 5) is 12.8. The monoisotopic (exact) mass is 488 g/mol. The summed E-state index contributed by atoms with van der Waals surface area (Å²) in [5.74, 6) is 0.596. The minimum Gasteiger partial charge on any atom is -0.353 e. The summed E-state index contributed by atoms with van der Waals surface area (Å²) in [6.45, 7) is 3.14. The van der Waals surface area contributed by atoms with Crippen LogP contribution in [0.2, 0.25) is 0 Å². The van der Waals surface area contributed by atoms with Crippen LogP contribution in [0.15, 0.2) is 57.8 Å². The van der Waals surface area contributed by atoms with E-state index in [0.717, 1.165) is 22.9 Å². The van der Waals surface area contributed by atoms with E-state index in [-0.39, 0.29) is 17.2 Å². The average Bonchev–Trinajstić information content (AvgIpc) is 3.50. The summed E-state index contributed by atoms with van der Waals surface area (Å²) in [6.07, 6.45) is 1.74. The molecule has 3 aromatic rings. The van der Waals surface area contributed by atoms with Crippen molar-refractivity contribution >= 4 is 44.0 Å². The summed E-state index contributed by atoms with van der Waals surface area (Å²) in [5, 5.41) is 11.8. The number of nitrogens with zero attached hydrogens (tertiary/aromatic N) is 3. The molecule has 1 aliphatic heterocycles. The molecule has 1 fully saturated rings. The number of nitrogens with one attached hydrogen (secondary N) is 1. The predicted octanol–water partition coefficient (Wildman–Crippen LogP) is 4.22. The lowest BCUT2D eigenvalue weighted by molar-refractivity contribution is 0.101. The largest absolute Gasteiger partial charge is 0.353 e. The van der Waals surface area contributed by atoms with Crippen LogP contribution in [0.4, 0.5) is 5.13 Å². The van der Waals surface area contributed by atoms with Gasteiger partial charge in [0.2, 0.25) is 15.2 Å². The molecule has 4 rings (SSSR count). The van der Waals surface area contributed by atoms with Gasteiger partial charge >= 0.3 is 0 Å². The molecule has 0 radical (unpaired) electrons. The highest BCUT2D eigenvalue weighted by atomic mass is 32.2. The van der Waals surface area contributed by atoms with Crippen molar-refractivity contribution in [1.29, 1.82) is 0 Å². The molecule has 1 saturated heterocycles. The molecule has 0 saturated carbocycles. The Bertz CT molecular complexity index is 1190. The lowest BCUT2D eigenvalue weighted by Crippen LogP contribution is -2.28. The highest BCUT2D eigenvalue weighted by Gasteiger charge is 2.27. The zero-order chi connectivity index (χ0) is 22.6. The minimum absolute atomic E-state index is 0.0183. The second-order valence-electron chi connectivity index (χ2n) is 7.56. The summed E-state index contributed by atoms with van der Waals surface area (Å²) in [7, 11) is -3.55.